The van der Waals surface area contributed by atoms with Crippen LogP contribution in [-0.2, 0) is 16.8 Å². The Hall–Kier alpha value is -2.04. The maximum atomic E-state index is 11.8. The van der Waals surface area contributed by atoms with E-state index in [4.69, 9.17) is 5.53 Å². The summed E-state index contributed by atoms with van der Waals surface area (Å²) in [5.41, 5.74) is 9.06. The van der Waals surface area contributed by atoms with Gasteiger partial charge >= 0.3 is 5.97 Å². The van der Waals surface area contributed by atoms with Crippen molar-refractivity contribution in [2.75, 3.05) is 13.1 Å². The van der Waals surface area contributed by atoms with E-state index < -0.39 is 11.5 Å². The average molecular weight is 290 g/mol. The van der Waals surface area contributed by atoms with Crippen molar-refractivity contribution in [1.29, 1.82) is 0 Å². The predicted molar refractivity (Wildman–Crippen MR) is 82.1 cm³/mol. The van der Waals surface area contributed by atoms with Gasteiger partial charge in [-0.25, -0.2) is 4.79 Å². The third-order valence-corrected chi connectivity index (χ3v) is 3.68. The van der Waals surface area contributed by atoms with Gasteiger partial charge in [-0.3, -0.25) is 5.32 Å². The van der Waals surface area contributed by atoms with E-state index in [1.54, 1.807) is 0 Å². The maximum Gasteiger partial charge on any atom is 0.328 e. The molecule has 2 N–H and O–H groups in total. The molecule has 0 aliphatic rings. The summed E-state index contributed by atoms with van der Waals surface area (Å²) >= 11 is 0. The Morgan fingerprint density at radius 3 is 2.52 bits per heavy atom. The number of benzene rings is 1. The lowest BCUT2D eigenvalue weighted by molar-refractivity contribution is -0.145. The van der Waals surface area contributed by atoms with Crippen molar-refractivity contribution in [2.45, 2.75) is 38.6 Å². The number of carboxylic acid groups (broad SMARTS) is 1. The third kappa shape index (κ3) is 4.21. The number of carbonyl (C=O) groups is 1. The van der Waals surface area contributed by atoms with Crippen molar-refractivity contribution < 1.29 is 9.90 Å². The quantitative estimate of drug-likeness (QED) is 0.316. The van der Waals surface area contributed by atoms with Gasteiger partial charge in [-0.05, 0) is 42.5 Å². The Kier molecular flexibility index (Phi) is 6.72. The molecule has 0 bridgehead atoms. The summed E-state index contributed by atoms with van der Waals surface area (Å²) in [5.74, 6) is -0.891. The van der Waals surface area contributed by atoms with Crippen molar-refractivity contribution in [2.24, 2.45) is 5.11 Å². The van der Waals surface area contributed by atoms with Gasteiger partial charge in [-0.15, -0.1) is 0 Å². The first-order valence-corrected chi connectivity index (χ1v) is 7.19. The molecule has 0 spiro atoms. The molecule has 0 aliphatic carbocycles. The minimum atomic E-state index is -1.09. The highest BCUT2D eigenvalue weighted by Gasteiger charge is 2.37. The Balaban J connectivity index is 2.91. The average Bonchev–Trinajstić information content (AvgIpc) is 2.51. The first-order chi connectivity index (χ1) is 10.1. The Labute approximate surface area is 124 Å². The molecule has 0 amide bonds. The van der Waals surface area contributed by atoms with Crippen LogP contribution in [0.3, 0.4) is 0 Å². The van der Waals surface area contributed by atoms with E-state index in [-0.39, 0.29) is 0 Å². The number of aliphatic carboxylic acids is 1. The van der Waals surface area contributed by atoms with E-state index in [0.29, 0.717) is 25.9 Å². The summed E-state index contributed by atoms with van der Waals surface area (Å²) in [6, 6.07) is 7.67. The predicted octanol–water partition coefficient (Wildman–Crippen LogP) is 3.23. The SMILES string of the molecule is CCc1ccc(C(CC)(NCCCN=[N+]=[N-])C(=O)O)cc1. The number of hydrogen-bond donors (Lipinski definition) is 2. The number of aryl methyl sites for hydroxylation is 1. The van der Waals surface area contributed by atoms with Crippen molar-refractivity contribution in [3.63, 3.8) is 0 Å². The summed E-state index contributed by atoms with van der Waals surface area (Å²) in [6.45, 7) is 4.75. The number of nitrogens with zero attached hydrogens (tertiary/aromatic N) is 3. The van der Waals surface area contributed by atoms with Crippen LogP contribution in [0.25, 0.3) is 10.4 Å². The standard InChI is InChI=1S/C15H22N4O2/c1-3-12-6-8-13(9-7-12)15(4-2,14(20)21)17-10-5-11-18-19-16/h6-9,17H,3-5,10-11H2,1-2H3,(H,20,21). The molecule has 0 saturated carbocycles. The molecule has 0 radical (unpaired) electrons. The molecular weight excluding hydrogens is 268 g/mol. The second-order valence-electron chi connectivity index (χ2n) is 4.85. The fourth-order valence-corrected chi connectivity index (χ4v) is 2.30. The highest BCUT2D eigenvalue weighted by molar-refractivity contribution is 5.80. The van der Waals surface area contributed by atoms with Gasteiger partial charge in [0, 0.05) is 11.5 Å². The molecule has 1 rings (SSSR count). The third-order valence-electron chi connectivity index (χ3n) is 3.68. The Bertz CT molecular complexity index is 509. The second kappa shape index (κ2) is 8.29. The number of rotatable bonds is 9. The van der Waals surface area contributed by atoms with Gasteiger partial charge in [0.05, 0.1) is 0 Å². The molecule has 0 aromatic heterocycles. The first kappa shape index (κ1) is 17.0. The van der Waals surface area contributed by atoms with Crippen LogP contribution in [0.15, 0.2) is 29.4 Å². The van der Waals surface area contributed by atoms with Crippen LogP contribution in [0.2, 0.25) is 0 Å². The van der Waals surface area contributed by atoms with Gasteiger partial charge in [0.15, 0.2) is 0 Å². The lowest BCUT2D eigenvalue weighted by Gasteiger charge is -2.30. The highest BCUT2D eigenvalue weighted by Crippen LogP contribution is 2.26. The molecule has 1 unspecified atom stereocenters. The van der Waals surface area contributed by atoms with Crippen molar-refractivity contribution >= 4 is 5.97 Å². The van der Waals surface area contributed by atoms with Crippen molar-refractivity contribution in [3.05, 3.63) is 45.8 Å². The van der Waals surface area contributed by atoms with E-state index in [1.165, 1.54) is 5.56 Å². The first-order valence-electron chi connectivity index (χ1n) is 7.19. The van der Waals surface area contributed by atoms with Crippen molar-refractivity contribution in [3.8, 4) is 0 Å². The topological polar surface area (TPSA) is 98.1 Å². The second-order valence-corrected chi connectivity index (χ2v) is 4.85. The van der Waals surface area contributed by atoms with Crippen LogP contribution >= 0.6 is 0 Å². The van der Waals surface area contributed by atoms with Gasteiger partial charge in [0.1, 0.15) is 5.54 Å². The zero-order valence-electron chi connectivity index (χ0n) is 12.5. The molecule has 1 atom stereocenters. The molecule has 0 aliphatic heterocycles. The van der Waals surface area contributed by atoms with Crippen LogP contribution in [0.1, 0.15) is 37.8 Å². The normalized spacial score (nSPS) is 13.2. The maximum absolute atomic E-state index is 11.8. The van der Waals surface area contributed by atoms with E-state index >= 15 is 0 Å². The zero-order chi connectivity index (χ0) is 15.7. The lowest BCUT2D eigenvalue weighted by atomic mass is 9.86. The minimum Gasteiger partial charge on any atom is -0.480 e. The molecule has 1 aromatic carbocycles. The van der Waals surface area contributed by atoms with Crippen LogP contribution < -0.4 is 5.32 Å². The summed E-state index contributed by atoms with van der Waals surface area (Å²) in [4.78, 5) is 14.5. The fraction of sp³-hybridized carbons (Fsp3) is 0.533. The molecule has 21 heavy (non-hydrogen) atoms. The molecule has 0 saturated heterocycles. The molecular formula is C15H22N4O2. The van der Waals surface area contributed by atoms with E-state index in [2.05, 4.69) is 22.3 Å². The summed E-state index contributed by atoms with van der Waals surface area (Å²) in [5, 5.41) is 16.2. The monoisotopic (exact) mass is 290 g/mol. The van der Waals surface area contributed by atoms with Gasteiger partial charge in [-0.1, -0.05) is 43.2 Å². The van der Waals surface area contributed by atoms with E-state index in [0.717, 1.165) is 12.0 Å². The van der Waals surface area contributed by atoms with Crippen molar-refractivity contribution in [1.82, 2.24) is 5.32 Å². The molecule has 6 nitrogen and oxygen atoms in total. The fourth-order valence-electron chi connectivity index (χ4n) is 2.30. The van der Waals surface area contributed by atoms with Crippen LogP contribution in [0.4, 0.5) is 0 Å². The van der Waals surface area contributed by atoms with E-state index in [1.807, 2.05) is 31.2 Å². The number of nitrogens with one attached hydrogen (secondary N) is 1. The van der Waals surface area contributed by atoms with Gasteiger partial charge in [0.25, 0.3) is 0 Å². The number of hydrogen-bond acceptors (Lipinski definition) is 3. The van der Waals surface area contributed by atoms with Gasteiger partial charge in [0.2, 0.25) is 0 Å². The lowest BCUT2D eigenvalue weighted by Crippen LogP contribution is -2.49. The Morgan fingerprint density at radius 1 is 1.38 bits per heavy atom. The van der Waals surface area contributed by atoms with E-state index in [9.17, 15) is 9.90 Å². The molecule has 6 heteroatoms. The molecule has 1 aromatic rings. The smallest absolute Gasteiger partial charge is 0.328 e. The summed E-state index contributed by atoms with van der Waals surface area (Å²) < 4.78 is 0. The molecule has 0 fully saturated rings. The molecule has 0 heterocycles. The van der Waals surface area contributed by atoms with Crippen LogP contribution in [0.5, 0.6) is 0 Å². The molecule has 114 valence electrons. The summed E-state index contributed by atoms with van der Waals surface area (Å²) in [7, 11) is 0. The Morgan fingerprint density at radius 2 is 2.05 bits per heavy atom. The number of azide groups is 1. The van der Waals surface area contributed by atoms with Crippen LogP contribution in [-0.4, -0.2) is 24.2 Å². The summed E-state index contributed by atoms with van der Waals surface area (Å²) in [6.07, 6.45) is 1.97. The largest absolute Gasteiger partial charge is 0.480 e. The van der Waals surface area contributed by atoms with Gasteiger partial charge in [-0.2, -0.15) is 0 Å². The van der Waals surface area contributed by atoms with Crippen LogP contribution in [0, 0.1) is 0 Å². The minimum absolute atomic E-state index is 0.359. The number of carboxylic acids is 1. The zero-order valence-corrected chi connectivity index (χ0v) is 12.5. The van der Waals surface area contributed by atoms with Gasteiger partial charge < -0.3 is 5.11 Å². The highest BCUT2D eigenvalue weighted by atomic mass is 16.4.